The van der Waals surface area contributed by atoms with Gasteiger partial charge >= 0.3 is 0 Å². The Bertz CT molecular complexity index is 478. The molecule has 21 heavy (non-hydrogen) atoms. The summed E-state index contributed by atoms with van der Waals surface area (Å²) in [4.78, 5) is 2.14. The second-order valence-corrected chi connectivity index (χ2v) is 6.29. The highest BCUT2D eigenvalue weighted by Gasteiger charge is 2.54. The molecule has 2 aliphatic rings. The van der Waals surface area contributed by atoms with Gasteiger partial charge in [-0.25, -0.2) is 0 Å². The van der Waals surface area contributed by atoms with Crippen LogP contribution >= 0.6 is 0 Å². The Balaban J connectivity index is 1.78. The third-order valence-corrected chi connectivity index (χ3v) is 4.20. The maximum atomic E-state index is 10.2. The molecule has 0 aliphatic carbocycles. The Morgan fingerprint density at radius 2 is 2.00 bits per heavy atom. The fourth-order valence-electron chi connectivity index (χ4n) is 3.41. The first-order valence-corrected chi connectivity index (χ1v) is 7.43. The van der Waals surface area contributed by atoms with Crippen LogP contribution in [0.3, 0.4) is 0 Å². The van der Waals surface area contributed by atoms with Gasteiger partial charge in [0.1, 0.15) is 12.2 Å². The molecule has 0 radical (unpaired) electrons. The second-order valence-electron chi connectivity index (χ2n) is 6.29. The maximum Gasteiger partial charge on any atom is 0.163 e. The predicted octanol–water partition coefficient (Wildman–Crippen LogP) is 0.744. The molecule has 0 bridgehead atoms. The van der Waals surface area contributed by atoms with E-state index in [2.05, 4.69) is 17.0 Å². The van der Waals surface area contributed by atoms with Crippen molar-refractivity contribution in [3.63, 3.8) is 0 Å². The maximum absolute atomic E-state index is 10.2. The standard InChI is InChI=1S/C16H23NO4/c1-16(2)20-13-9-17(8-11-6-4-3-5-7-11)14(12(19)10-18)15(13)21-16/h3-7,12-15,18-19H,8-10H2,1-2H3. The Hall–Kier alpha value is -0.980. The molecule has 2 saturated heterocycles. The number of hydrogen-bond acceptors (Lipinski definition) is 5. The van der Waals surface area contributed by atoms with Crippen LogP contribution in [0.5, 0.6) is 0 Å². The molecule has 4 atom stereocenters. The van der Waals surface area contributed by atoms with Crippen LogP contribution in [-0.4, -0.2) is 58.4 Å². The molecule has 0 amide bonds. The van der Waals surface area contributed by atoms with Gasteiger partial charge in [-0.3, -0.25) is 4.90 Å². The van der Waals surface area contributed by atoms with Crippen molar-refractivity contribution in [2.45, 2.75) is 50.5 Å². The zero-order valence-corrected chi connectivity index (χ0v) is 12.5. The first kappa shape index (κ1) is 14.9. The van der Waals surface area contributed by atoms with Crippen molar-refractivity contribution < 1.29 is 19.7 Å². The summed E-state index contributed by atoms with van der Waals surface area (Å²) in [5, 5.41) is 19.6. The zero-order chi connectivity index (χ0) is 15.0. The molecule has 2 fully saturated rings. The number of benzene rings is 1. The number of rotatable bonds is 4. The minimum atomic E-state index is -0.832. The van der Waals surface area contributed by atoms with Crippen molar-refractivity contribution in [3.8, 4) is 0 Å². The fraction of sp³-hybridized carbons (Fsp3) is 0.625. The minimum Gasteiger partial charge on any atom is -0.394 e. The number of likely N-dealkylation sites (tertiary alicyclic amines) is 1. The molecular formula is C16H23NO4. The second kappa shape index (κ2) is 5.66. The predicted molar refractivity (Wildman–Crippen MR) is 77.6 cm³/mol. The molecule has 0 saturated carbocycles. The topological polar surface area (TPSA) is 62.2 Å². The summed E-state index contributed by atoms with van der Waals surface area (Å²) in [5.41, 5.74) is 1.17. The summed E-state index contributed by atoms with van der Waals surface area (Å²) in [6.45, 7) is 4.90. The van der Waals surface area contributed by atoms with Gasteiger partial charge in [-0.1, -0.05) is 30.3 Å². The van der Waals surface area contributed by atoms with E-state index < -0.39 is 11.9 Å². The number of nitrogens with zero attached hydrogens (tertiary/aromatic N) is 1. The van der Waals surface area contributed by atoms with Crippen molar-refractivity contribution in [2.24, 2.45) is 0 Å². The lowest BCUT2D eigenvalue weighted by atomic mass is 10.0. The van der Waals surface area contributed by atoms with Crippen molar-refractivity contribution in [1.29, 1.82) is 0 Å². The molecule has 4 unspecified atom stereocenters. The lowest BCUT2D eigenvalue weighted by Crippen LogP contribution is -2.47. The molecular weight excluding hydrogens is 270 g/mol. The van der Waals surface area contributed by atoms with E-state index in [1.165, 1.54) is 5.56 Å². The van der Waals surface area contributed by atoms with Crippen LogP contribution in [0.15, 0.2) is 30.3 Å². The van der Waals surface area contributed by atoms with Gasteiger partial charge in [0.2, 0.25) is 0 Å². The number of hydrogen-bond donors (Lipinski definition) is 2. The summed E-state index contributed by atoms with van der Waals surface area (Å²) >= 11 is 0. The van der Waals surface area contributed by atoms with Crippen molar-refractivity contribution in [3.05, 3.63) is 35.9 Å². The third kappa shape index (κ3) is 2.98. The van der Waals surface area contributed by atoms with E-state index in [1.807, 2.05) is 32.0 Å². The number of fused-ring (bicyclic) bond motifs is 1. The van der Waals surface area contributed by atoms with Crippen LogP contribution in [0.4, 0.5) is 0 Å². The lowest BCUT2D eigenvalue weighted by molar-refractivity contribution is -0.169. The smallest absolute Gasteiger partial charge is 0.163 e. The Kier molecular flexibility index (Phi) is 4.03. The molecule has 5 heteroatoms. The van der Waals surface area contributed by atoms with Crippen molar-refractivity contribution in [1.82, 2.24) is 4.90 Å². The van der Waals surface area contributed by atoms with Crippen LogP contribution < -0.4 is 0 Å². The average Bonchev–Trinajstić information content (AvgIpc) is 2.90. The summed E-state index contributed by atoms with van der Waals surface area (Å²) in [6, 6.07) is 9.85. The van der Waals surface area contributed by atoms with Gasteiger partial charge in [0.15, 0.2) is 5.79 Å². The Morgan fingerprint density at radius 3 is 2.67 bits per heavy atom. The SMILES string of the molecule is CC1(C)OC2CN(Cc3ccccc3)C(C(O)CO)C2O1. The van der Waals surface area contributed by atoms with Crippen molar-refractivity contribution in [2.75, 3.05) is 13.2 Å². The van der Waals surface area contributed by atoms with Crippen LogP contribution in [0.2, 0.25) is 0 Å². The first-order chi connectivity index (χ1) is 10.00. The molecule has 5 nitrogen and oxygen atoms in total. The highest BCUT2D eigenvalue weighted by atomic mass is 16.8. The van der Waals surface area contributed by atoms with Crippen LogP contribution in [-0.2, 0) is 16.0 Å². The van der Waals surface area contributed by atoms with Crippen LogP contribution in [0.1, 0.15) is 19.4 Å². The van der Waals surface area contributed by atoms with Crippen LogP contribution in [0.25, 0.3) is 0 Å². The minimum absolute atomic E-state index is 0.0603. The Labute approximate surface area is 125 Å². The van der Waals surface area contributed by atoms with Crippen molar-refractivity contribution >= 4 is 0 Å². The van der Waals surface area contributed by atoms with Gasteiger partial charge in [-0.15, -0.1) is 0 Å². The van der Waals surface area contributed by atoms with E-state index >= 15 is 0 Å². The van der Waals surface area contributed by atoms with Crippen LogP contribution in [0, 0.1) is 0 Å². The van der Waals surface area contributed by atoms with E-state index in [-0.39, 0.29) is 24.9 Å². The van der Waals surface area contributed by atoms with E-state index in [0.717, 1.165) is 0 Å². The molecule has 0 aromatic heterocycles. The molecule has 2 aliphatic heterocycles. The summed E-state index contributed by atoms with van der Waals surface area (Å²) in [7, 11) is 0. The fourth-order valence-corrected chi connectivity index (χ4v) is 3.41. The molecule has 1 aromatic rings. The van der Waals surface area contributed by atoms with Gasteiger partial charge in [0, 0.05) is 13.1 Å². The summed E-state index contributed by atoms with van der Waals surface area (Å²) in [5.74, 6) is -0.623. The highest BCUT2D eigenvalue weighted by Crippen LogP contribution is 2.38. The molecule has 2 heterocycles. The average molecular weight is 293 g/mol. The number of aliphatic hydroxyl groups excluding tert-OH is 2. The summed E-state index contributed by atoms with van der Waals surface area (Å²) < 4.78 is 11.9. The number of ether oxygens (including phenoxy) is 2. The third-order valence-electron chi connectivity index (χ3n) is 4.20. The van der Waals surface area contributed by atoms with Gasteiger partial charge in [-0.05, 0) is 19.4 Å². The lowest BCUT2D eigenvalue weighted by Gasteiger charge is -2.32. The summed E-state index contributed by atoms with van der Waals surface area (Å²) in [6.07, 6.45) is -1.10. The largest absolute Gasteiger partial charge is 0.394 e. The molecule has 0 spiro atoms. The van der Waals surface area contributed by atoms with Gasteiger partial charge in [-0.2, -0.15) is 0 Å². The van der Waals surface area contributed by atoms with Gasteiger partial charge in [0.25, 0.3) is 0 Å². The number of aliphatic hydroxyl groups is 2. The molecule has 2 N–H and O–H groups in total. The quantitative estimate of drug-likeness (QED) is 0.857. The molecule has 3 rings (SSSR count). The van der Waals surface area contributed by atoms with E-state index in [0.29, 0.717) is 13.1 Å². The first-order valence-electron chi connectivity index (χ1n) is 7.43. The van der Waals surface area contributed by atoms with E-state index in [4.69, 9.17) is 9.47 Å². The normalized spacial score (nSPS) is 33.0. The van der Waals surface area contributed by atoms with E-state index in [9.17, 15) is 10.2 Å². The van der Waals surface area contributed by atoms with Gasteiger partial charge < -0.3 is 19.7 Å². The monoisotopic (exact) mass is 293 g/mol. The molecule has 1 aromatic carbocycles. The zero-order valence-electron chi connectivity index (χ0n) is 12.5. The molecule has 116 valence electrons. The van der Waals surface area contributed by atoms with E-state index in [1.54, 1.807) is 0 Å². The highest BCUT2D eigenvalue weighted by molar-refractivity contribution is 5.16. The van der Waals surface area contributed by atoms with Gasteiger partial charge in [0.05, 0.1) is 18.8 Å². The Morgan fingerprint density at radius 1 is 1.29 bits per heavy atom.